The van der Waals surface area contributed by atoms with Gasteiger partial charge in [0.15, 0.2) is 5.34 Å². The minimum atomic E-state index is -3.71. The molecule has 108 valence electrons. The lowest BCUT2D eigenvalue weighted by Gasteiger charge is -2.30. The molecule has 0 aliphatic rings. The van der Waals surface area contributed by atoms with E-state index in [2.05, 4.69) is 27.5 Å². The van der Waals surface area contributed by atoms with Crippen molar-refractivity contribution in [2.45, 2.75) is 12.3 Å². The van der Waals surface area contributed by atoms with Gasteiger partial charge in [-0.1, -0.05) is 21.9 Å². The molecular weight excluding hydrogens is 349 g/mol. The number of aliphatic hydroxyl groups is 1. The first-order valence-electron chi connectivity index (χ1n) is 5.48. The van der Waals surface area contributed by atoms with Gasteiger partial charge in [0.1, 0.15) is 0 Å². The number of nitro benzene ring substituents is 1. The quantitative estimate of drug-likeness (QED) is 0.286. The van der Waals surface area contributed by atoms with Gasteiger partial charge in [-0.2, -0.15) is 0 Å². The summed E-state index contributed by atoms with van der Waals surface area (Å²) >= 11 is 3.10. The summed E-state index contributed by atoms with van der Waals surface area (Å²) < 4.78 is 17.6. The van der Waals surface area contributed by atoms with E-state index in [0.717, 1.165) is 0 Å². The summed E-state index contributed by atoms with van der Waals surface area (Å²) in [5.41, 5.74) is 2.51. The maximum atomic E-state index is 12.6. The van der Waals surface area contributed by atoms with Crippen LogP contribution in [0.5, 0.6) is 0 Å². The fourth-order valence-electron chi connectivity index (χ4n) is 1.61. The van der Waals surface area contributed by atoms with E-state index in [1.807, 2.05) is 0 Å². The average molecular weight is 362 g/mol. The van der Waals surface area contributed by atoms with Gasteiger partial charge in [0.25, 0.3) is 5.69 Å². The van der Waals surface area contributed by atoms with Gasteiger partial charge < -0.3 is 9.63 Å². The molecule has 0 spiro atoms. The predicted molar refractivity (Wildman–Crippen MR) is 78.9 cm³/mol. The molecule has 0 unspecified atom stereocenters. The van der Waals surface area contributed by atoms with Crippen LogP contribution in [0.3, 0.4) is 0 Å². The molecule has 0 radical (unpaired) electrons. The Labute approximate surface area is 124 Å². The normalized spacial score (nSPS) is 16.4. The summed E-state index contributed by atoms with van der Waals surface area (Å²) in [6.07, 6.45) is 0. The standard InChI is InChI=1S/C12H13BrNO5P/c1-3-8-20(18,19-2)12(15,9-13)10-4-6-11(7-5-10)14(16)17/h4-7,15H,9H2,1-2H3/t12-,20+/m0/s1. The van der Waals surface area contributed by atoms with Gasteiger partial charge in [0.2, 0.25) is 0 Å². The Morgan fingerprint density at radius 2 is 2.05 bits per heavy atom. The predicted octanol–water partition coefficient (Wildman–Crippen LogP) is 3.04. The molecule has 0 heterocycles. The first-order chi connectivity index (χ1) is 9.34. The SMILES string of the molecule is CC#C[P@@](=O)(OC)[C@@](O)(CBr)c1ccc([N+](=O)[O-])cc1. The molecule has 20 heavy (non-hydrogen) atoms. The number of nitrogens with zero attached hydrogens (tertiary/aromatic N) is 1. The summed E-state index contributed by atoms with van der Waals surface area (Å²) in [7, 11) is -2.51. The van der Waals surface area contributed by atoms with Gasteiger partial charge in [-0.25, -0.2) is 0 Å². The Balaban J connectivity index is 3.38. The van der Waals surface area contributed by atoms with Crippen LogP contribution in [0.4, 0.5) is 5.69 Å². The van der Waals surface area contributed by atoms with E-state index in [0.29, 0.717) is 0 Å². The first kappa shape index (κ1) is 16.9. The Morgan fingerprint density at radius 1 is 1.50 bits per heavy atom. The lowest BCUT2D eigenvalue weighted by atomic mass is 10.1. The Kier molecular flexibility index (Phi) is 5.49. The van der Waals surface area contributed by atoms with Crippen LogP contribution in [0.1, 0.15) is 12.5 Å². The molecule has 0 bridgehead atoms. The van der Waals surface area contributed by atoms with Crippen molar-refractivity contribution < 1.29 is 19.1 Å². The topological polar surface area (TPSA) is 89.7 Å². The molecule has 1 N–H and O–H groups in total. The summed E-state index contributed by atoms with van der Waals surface area (Å²) in [6, 6.07) is 5.12. The molecule has 0 aliphatic carbocycles. The van der Waals surface area contributed by atoms with Crippen LogP contribution in [-0.2, 0) is 14.4 Å². The van der Waals surface area contributed by atoms with Crippen molar-refractivity contribution in [3.8, 4) is 11.6 Å². The number of alkyl halides is 1. The molecule has 2 atom stereocenters. The van der Waals surface area contributed by atoms with E-state index in [9.17, 15) is 19.8 Å². The molecule has 0 amide bonds. The van der Waals surface area contributed by atoms with Gasteiger partial charge in [-0.15, -0.1) is 0 Å². The van der Waals surface area contributed by atoms with E-state index >= 15 is 0 Å². The van der Waals surface area contributed by atoms with Crippen LogP contribution in [0.25, 0.3) is 0 Å². The summed E-state index contributed by atoms with van der Waals surface area (Å²) in [6.45, 7) is 1.48. The third-order valence-corrected chi connectivity index (χ3v) is 6.40. The fraction of sp³-hybridized carbons (Fsp3) is 0.333. The molecule has 1 rings (SSSR count). The van der Waals surface area contributed by atoms with Crippen LogP contribution >= 0.6 is 23.3 Å². The summed E-state index contributed by atoms with van der Waals surface area (Å²) in [5, 5.41) is 19.3. The van der Waals surface area contributed by atoms with Crippen molar-refractivity contribution in [1.29, 1.82) is 0 Å². The highest BCUT2D eigenvalue weighted by Gasteiger charge is 2.47. The summed E-state index contributed by atoms with van der Waals surface area (Å²) in [4.78, 5) is 10.1. The van der Waals surface area contributed by atoms with Gasteiger partial charge in [0, 0.05) is 24.6 Å². The van der Waals surface area contributed by atoms with E-state index < -0.39 is 17.6 Å². The highest BCUT2D eigenvalue weighted by molar-refractivity contribution is 9.09. The van der Waals surface area contributed by atoms with Crippen LogP contribution in [0.2, 0.25) is 0 Å². The van der Waals surface area contributed by atoms with Crippen molar-refractivity contribution in [2.24, 2.45) is 0 Å². The smallest absolute Gasteiger partial charge is 0.309 e. The Hall–Kier alpha value is -1.19. The van der Waals surface area contributed by atoms with Crippen LogP contribution in [0.15, 0.2) is 24.3 Å². The van der Waals surface area contributed by atoms with Crippen molar-refractivity contribution in [2.75, 3.05) is 12.4 Å². The number of rotatable bonds is 5. The van der Waals surface area contributed by atoms with Crippen molar-refractivity contribution in [3.63, 3.8) is 0 Å². The van der Waals surface area contributed by atoms with Crippen LogP contribution < -0.4 is 0 Å². The molecule has 0 aromatic heterocycles. The second-order valence-electron chi connectivity index (χ2n) is 3.85. The molecule has 8 heteroatoms. The Bertz CT molecular complexity index is 607. The monoisotopic (exact) mass is 361 g/mol. The van der Waals surface area contributed by atoms with Crippen LogP contribution in [0, 0.1) is 21.7 Å². The second kappa shape index (κ2) is 6.51. The zero-order chi connectivity index (χ0) is 15.4. The molecular formula is C12H13BrNO5P. The van der Waals surface area contributed by atoms with Gasteiger partial charge in [-0.3, -0.25) is 14.7 Å². The Morgan fingerprint density at radius 3 is 2.40 bits per heavy atom. The average Bonchev–Trinajstić information content (AvgIpc) is 2.46. The highest BCUT2D eigenvalue weighted by Crippen LogP contribution is 2.62. The minimum Gasteiger partial charge on any atom is -0.374 e. The minimum absolute atomic E-state index is 0.0857. The van der Waals surface area contributed by atoms with E-state index in [4.69, 9.17) is 4.52 Å². The molecule has 0 aliphatic heterocycles. The number of hydrogen-bond donors (Lipinski definition) is 1. The van der Waals surface area contributed by atoms with Crippen molar-refractivity contribution >= 4 is 29.0 Å². The maximum absolute atomic E-state index is 12.6. The zero-order valence-corrected chi connectivity index (χ0v) is 13.3. The van der Waals surface area contributed by atoms with Gasteiger partial charge >= 0.3 is 7.37 Å². The van der Waals surface area contributed by atoms with Crippen LogP contribution in [-0.4, -0.2) is 22.5 Å². The molecule has 0 fully saturated rings. The van der Waals surface area contributed by atoms with Crippen molar-refractivity contribution in [3.05, 3.63) is 39.9 Å². The largest absolute Gasteiger partial charge is 0.374 e. The molecule has 0 saturated carbocycles. The number of halogens is 1. The molecule has 1 aromatic rings. The van der Waals surface area contributed by atoms with Crippen molar-refractivity contribution in [1.82, 2.24) is 0 Å². The van der Waals surface area contributed by atoms with E-state index in [-0.39, 0.29) is 16.6 Å². The number of hydrogen-bond acceptors (Lipinski definition) is 5. The molecule has 0 saturated heterocycles. The fourth-order valence-corrected chi connectivity index (χ4v) is 4.45. The molecule has 1 aromatic carbocycles. The summed E-state index contributed by atoms with van der Waals surface area (Å²) in [5.74, 6) is 2.47. The first-order valence-corrected chi connectivity index (χ1v) is 8.22. The third kappa shape index (κ3) is 2.94. The van der Waals surface area contributed by atoms with Gasteiger partial charge in [-0.05, 0) is 30.3 Å². The maximum Gasteiger partial charge on any atom is 0.309 e. The van der Waals surface area contributed by atoms with E-state index in [1.165, 1.54) is 38.3 Å². The number of benzene rings is 1. The highest BCUT2D eigenvalue weighted by atomic mass is 79.9. The second-order valence-corrected chi connectivity index (χ2v) is 6.84. The third-order valence-electron chi connectivity index (χ3n) is 2.73. The molecule has 6 nitrogen and oxygen atoms in total. The van der Waals surface area contributed by atoms with E-state index in [1.54, 1.807) is 0 Å². The van der Waals surface area contributed by atoms with Gasteiger partial charge in [0.05, 0.1) is 4.92 Å². The lowest BCUT2D eigenvalue weighted by molar-refractivity contribution is -0.384. The lowest BCUT2D eigenvalue weighted by Crippen LogP contribution is -2.28. The zero-order valence-electron chi connectivity index (χ0n) is 10.9. The number of nitro groups is 1. The number of non-ortho nitro benzene ring substituents is 1.